The molecule has 2 aromatic rings. The molecule has 1 N–H and O–H groups in total. The number of nitrogens with one attached hydrogen (secondary N) is 1. The third-order valence-electron chi connectivity index (χ3n) is 3.60. The lowest BCUT2D eigenvalue weighted by Crippen LogP contribution is -2.38. The Bertz CT molecular complexity index is 595. The standard InChI is InChI=1S/C18H22N2O/c1-14-9-7-8-12-17(14)15(2)19-18(21)20(3)13-16-10-5-4-6-11-16/h4-12,15H,13H2,1-3H3,(H,19,21). The van der Waals surface area contributed by atoms with Crippen LogP contribution in [0.5, 0.6) is 0 Å². The lowest BCUT2D eigenvalue weighted by Gasteiger charge is -2.22. The highest BCUT2D eigenvalue weighted by Crippen LogP contribution is 2.17. The number of carbonyl (C=O) groups is 1. The number of amides is 2. The van der Waals surface area contributed by atoms with Crippen molar-refractivity contribution in [1.29, 1.82) is 0 Å². The van der Waals surface area contributed by atoms with E-state index in [-0.39, 0.29) is 12.1 Å². The predicted octanol–water partition coefficient (Wildman–Crippen LogP) is 3.90. The highest BCUT2D eigenvalue weighted by Gasteiger charge is 2.14. The van der Waals surface area contributed by atoms with Gasteiger partial charge in [-0.05, 0) is 30.5 Å². The third kappa shape index (κ3) is 4.09. The molecule has 0 aromatic heterocycles. The van der Waals surface area contributed by atoms with Crippen LogP contribution >= 0.6 is 0 Å². The average Bonchev–Trinajstić information content (AvgIpc) is 2.48. The Morgan fingerprint density at radius 3 is 2.38 bits per heavy atom. The molecule has 0 radical (unpaired) electrons. The fraction of sp³-hybridized carbons (Fsp3) is 0.278. The second-order valence-electron chi connectivity index (χ2n) is 5.37. The van der Waals surface area contributed by atoms with Crippen LogP contribution in [0.2, 0.25) is 0 Å². The normalized spacial score (nSPS) is 11.8. The molecule has 0 aliphatic heterocycles. The molecule has 0 spiro atoms. The molecule has 110 valence electrons. The maximum atomic E-state index is 12.3. The van der Waals surface area contributed by atoms with Gasteiger partial charge in [0.05, 0.1) is 6.04 Å². The van der Waals surface area contributed by atoms with Gasteiger partial charge in [0.2, 0.25) is 0 Å². The molecule has 1 unspecified atom stereocenters. The van der Waals surface area contributed by atoms with E-state index in [0.717, 1.165) is 11.1 Å². The Kier molecular flexibility index (Phi) is 4.99. The lowest BCUT2D eigenvalue weighted by atomic mass is 10.0. The van der Waals surface area contributed by atoms with Gasteiger partial charge >= 0.3 is 6.03 Å². The third-order valence-corrected chi connectivity index (χ3v) is 3.60. The van der Waals surface area contributed by atoms with Gasteiger partial charge in [-0.3, -0.25) is 0 Å². The van der Waals surface area contributed by atoms with Crippen LogP contribution in [0.25, 0.3) is 0 Å². The summed E-state index contributed by atoms with van der Waals surface area (Å²) in [6.07, 6.45) is 0. The second-order valence-corrected chi connectivity index (χ2v) is 5.37. The monoisotopic (exact) mass is 282 g/mol. The maximum Gasteiger partial charge on any atom is 0.317 e. The number of carbonyl (C=O) groups excluding carboxylic acids is 1. The van der Waals surface area contributed by atoms with Crippen LogP contribution in [0.15, 0.2) is 54.6 Å². The Labute approximate surface area is 126 Å². The average molecular weight is 282 g/mol. The van der Waals surface area contributed by atoms with Crippen LogP contribution in [0, 0.1) is 6.92 Å². The summed E-state index contributed by atoms with van der Waals surface area (Å²) in [5.74, 6) is 0. The Balaban J connectivity index is 1.96. The zero-order valence-corrected chi connectivity index (χ0v) is 12.8. The number of nitrogens with zero attached hydrogens (tertiary/aromatic N) is 1. The van der Waals surface area contributed by atoms with Crippen LogP contribution in [-0.4, -0.2) is 18.0 Å². The van der Waals surface area contributed by atoms with E-state index < -0.39 is 0 Å². The highest BCUT2D eigenvalue weighted by atomic mass is 16.2. The van der Waals surface area contributed by atoms with Crippen molar-refractivity contribution >= 4 is 6.03 Å². The fourth-order valence-electron chi connectivity index (χ4n) is 2.37. The van der Waals surface area contributed by atoms with Gasteiger partial charge in [-0.1, -0.05) is 54.6 Å². The number of urea groups is 1. The van der Waals surface area contributed by atoms with Gasteiger partial charge in [-0.15, -0.1) is 0 Å². The van der Waals surface area contributed by atoms with E-state index in [2.05, 4.69) is 24.4 Å². The molecule has 0 saturated carbocycles. The minimum absolute atomic E-state index is 0.00285. The van der Waals surface area contributed by atoms with Crippen molar-refractivity contribution in [2.24, 2.45) is 0 Å². The van der Waals surface area contributed by atoms with Gasteiger partial charge in [0.15, 0.2) is 0 Å². The second kappa shape index (κ2) is 6.93. The largest absolute Gasteiger partial charge is 0.331 e. The van der Waals surface area contributed by atoms with Crippen LogP contribution in [0.1, 0.15) is 29.7 Å². The zero-order chi connectivity index (χ0) is 15.2. The van der Waals surface area contributed by atoms with Crippen molar-refractivity contribution in [3.8, 4) is 0 Å². The van der Waals surface area contributed by atoms with E-state index >= 15 is 0 Å². The number of hydrogen-bond donors (Lipinski definition) is 1. The molecule has 21 heavy (non-hydrogen) atoms. The molecule has 0 aliphatic carbocycles. The first kappa shape index (κ1) is 15.1. The lowest BCUT2D eigenvalue weighted by molar-refractivity contribution is 0.203. The smallest absolute Gasteiger partial charge is 0.317 e. The molecule has 2 rings (SSSR count). The predicted molar refractivity (Wildman–Crippen MR) is 86.0 cm³/mol. The van der Waals surface area contributed by atoms with E-state index in [1.807, 2.05) is 56.4 Å². The highest BCUT2D eigenvalue weighted by molar-refractivity contribution is 5.74. The summed E-state index contributed by atoms with van der Waals surface area (Å²) in [5.41, 5.74) is 3.47. The van der Waals surface area contributed by atoms with Crippen LogP contribution < -0.4 is 5.32 Å². The summed E-state index contributed by atoms with van der Waals surface area (Å²) in [6, 6.07) is 18.0. The molecule has 0 fully saturated rings. The van der Waals surface area contributed by atoms with Gasteiger partial charge in [0, 0.05) is 13.6 Å². The SMILES string of the molecule is Cc1ccccc1C(C)NC(=O)N(C)Cc1ccccc1. The molecule has 0 heterocycles. The first-order valence-corrected chi connectivity index (χ1v) is 7.19. The van der Waals surface area contributed by atoms with Crippen molar-refractivity contribution < 1.29 is 4.79 Å². The van der Waals surface area contributed by atoms with E-state index in [0.29, 0.717) is 6.54 Å². The van der Waals surface area contributed by atoms with Crippen LogP contribution in [0.3, 0.4) is 0 Å². The van der Waals surface area contributed by atoms with E-state index in [1.54, 1.807) is 4.90 Å². The molecule has 1 atom stereocenters. The minimum atomic E-state index is -0.0605. The first-order chi connectivity index (χ1) is 10.1. The zero-order valence-electron chi connectivity index (χ0n) is 12.8. The van der Waals surface area contributed by atoms with E-state index in [4.69, 9.17) is 0 Å². The van der Waals surface area contributed by atoms with Crippen molar-refractivity contribution in [1.82, 2.24) is 10.2 Å². The number of benzene rings is 2. The molecular weight excluding hydrogens is 260 g/mol. The van der Waals surface area contributed by atoms with Gasteiger partial charge in [0.25, 0.3) is 0 Å². The first-order valence-electron chi connectivity index (χ1n) is 7.19. The fourth-order valence-corrected chi connectivity index (χ4v) is 2.37. The van der Waals surface area contributed by atoms with Crippen molar-refractivity contribution in [2.45, 2.75) is 26.4 Å². The van der Waals surface area contributed by atoms with E-state index in [1.165, 1.54) is 5.56 Å². The molecule has 0 bridgehead atoms. The minimum Gasteiger partial charge on any atom is -0.331 e. The number of hydrogen-bond acceptors (Lipinski definition) is 1. The summed E-state index contributed by atoms with van der Waals surface area (Å²) in [6.45, 7) is 4.68. The molecular formula is C18H22N2O. The van der Waals surface area contributed by atoms with Crippen molar-refractivity contribution in [2.75, 3.05) is 7.05 Å². The van der Waals surface area contributed by atoms with Crippen molar-refractivity contribution in [3.05, 3.63) is 71.3 Å². The summed E-state index contributed by atoms with van der Waals surface area (Å²) < 4.78 is 0. The number of aryl methyl sites for hydroxylation is 1. The van der Waals surface area contributed by atoms with E-state index in [9.17, 15) is 4.79 Å². The van der Waals surface area contributed by atoms with Crippen LogP contribution in [0.4, 0.5) is 4.79 Å². The Hall–Kier alpha value is -2.29. The molecule has 3 nitrogen and oxygen atoms in total. The summed E-state index contributed by atoms with van der Waals surface area (Å²) in [4.78, 5) is 14.0. The van der Waals surface area contributed by atoms with Crippen molar-refractivity contribution in [3.63, 3.8) is 0 Å². The Morgan fingerprint density at radius 2 is 1.71 bits per heavy atom. The van der Waals surface area contributed by atoms with Gasteiger partial charge in [-0.25, -0.2) is 4.79 Å². The van der Waals surface area contributed by atoms with Gasteiger partial charge in [0.1, 0.15) is 0 Å². The van der Waals surface area contributed by atoms with Gasteiger partial charge < -0.3 is 10.2 Å². The van der Waals surface area contributed by atoms with Gasteiger partial charge in [-0.2, -0.15) is 0 Å². The molecule has 2 aromatic carbocycles. The summed E-state index contributed by atoms with van der Waals surface area (Å²) in [5, 5.41) is 3.04. The quantitative estimate of drug-likeness (QED) is 0.906. The summed E-state index contributed by atoms with van der Waals surface area (Å²) >= 11 is 0. The Morgan fingerprint density at radius 1 is 1.10 bits per heavy atom. The van der Waals surface area contributed by atoms with Crippen LogP contribution in [-0.2, 0) is 6.54 Å². The molecule has 0 aliphatic rings. The molecule has 0 saturated heterocycles. The molecule has 3 heteroatoms. The molecule has 2 amide bonds. The maximum absolute atomic E-state index is 12.3. The topological polar surface area (TPSA) is 32.3 Å². The summed E-state index contributed by atoms with van der Waals surface area (Å²) in [7, 11) is 1.81. The number of rotatable bonds is 4.